The number of rotatable bonds is 3. The molecule has 5 fully saturated rings. The molecule has 0 spiro atoms. The van der Waals surface area contributed by atoms with Gasteiger partial charge in [0.2, 0.25) is 5.91 Å². The molecular formula is C18H30N2O. The fourth-order valence-corrected chi connectivity index (χ4v) is 6.82. The molecule has 5 rings (SSSR count). The van der Waals surface area contributed by atoms with Crippen LogP contribution in [0.1, 0.15) is 65.2 Å². The van der Waals surface area contributed by atoms with E-state index in [1.54, 1.807) is 0 Å². The smallest absolute Gasteiger partial charge is 0.228 e. The summed E-state index contributed by atoms with van der Waals surface area (Å²) in [5.41, 5.74) is 6.72. The highest BCUT2D eigenvalue weighted by Gasteiger charge is 2.60. The number of nitrogens with two attached hydrogens (primary N) is 1. The largest absolute Gasteiger partial charge is 0.338 e. The minimum absolute atomic E-state index is 0.00756. The average molecular weight is 290 g/mol. The Bertz CT molecular complexity index is 452. The van der Waals surface area contributed by atoms with Crippen LogP contribution in [0, 0.1) is 22.7 Å². The minimum atomic E-state index is -0.0867. The van der Waals surface area contributed by atoms with Gasteiger partial charge in [0, 0.05) is 13.1 Å². The third-order valence-corrected chi connectivity index (χ3v) is 6.85. The summed E-state index contributed by atoms with van der Waals surface area (Å²) in [6.07, 6.45) is 9.78. The van der Waals surface area contributed by atoms with Crippen molar-refractivity contribution >= 4 is 5.91 Å². The molecule has 2 N–H and O–H groups in total. The van der Waals surface area contributed by atoms with Crippen LogP contribution < -0.4 is 5.73 Å². The lowest BCUT2D eigenvalue weighted by Gasteiger charge is -2.62. The van der Waals surface area contributed by atoms with Gasteiger partial charge in [0.05, 0.1) is 11.0 Å². The van der Waals surface area contributed by atoms with Gasteiger partial charge in [-0.25, -0.2) is 0 Å². The summed E-state index contributed by atoms with van der Waals surface area (Å²) in [5, 5.41) is 0. The van der Waals surface area contributed by atoms with E-state index < -0.39 is 0 Å². The second kappa shape index (κ2) is 4.24. The second-order valence-corrected chi connectivity index (χ2v) is 9.33. The van der Waals surface area contributed by atoms with Crippen molar-refractivity contribution in [3.63, 3.8) is 0 Å². The Hall–Kier alpha value is -0.570. The number of hydrogen-bond acceptors (Lipinski definition) is 2. The molecule has 4 saturated carbocycles. The molecular weight excluding hydrogens is 260 g/mol. The summed E-state index contributed by atoms with van der Waals surface area (Å²) in [7, 11) is 0. The first-order chi connectivity index (χ1) is 9.85. The van der Waals surface area contributed by atoms with Gasteiger partial charge in [-0.3, -0.25) is 4.79 Å². The zero-order chi connectivity index (χ0) is 14.9. The van der Waals surface area contributed by atoms with Gasteiger partial charge in [0.25, 0.3) is 0 Å². The summed E-state index contributed by atoms with van der Waals surface area (Å²) >= 11 is 0. The Labute approximate surface area is 128 Å². The van der Waals surface area contributed by atoms with Gasteiger partial charge >= 0.3 is 0 Å². The molecule has 118 valence electrons. The Kier molecular flexibility index (Phi) is 2.84. The van der Waals surface area contributed by atoms with Crippen molar-refractivity contribution < 1.29 is 4.79 Å². The third-order valence-electron chi connectivity index (χ3n) is 6.85. The van der Waals surface area contributed by atoms with Gasteiger partial charge < -0.3 is 10.6 Å². The molecule has 0 aromatic rings. The van der Waals surface area contributed by atoms with E-state index >= 15 is 0 Å². The molecule has 2 atom stereocenters. The van der Waals surface area contributed by atoms with Gasteiger partial charge in [-0.05, 0) is 62.2 Å². The first kappa shape index (κ1) is 14.0. The standard InChI is InChI=1S/C18H30N2O/c1-3-4-18(19)11-20(12-18)15(21)17-8-13-5-14(9-17)7-16(2,6-13)10-17/h13-14H,3-12,19H2,1-2H3. The normalized spacial score (nSPS) is 46.5. The van der Waals surface area contributed by atoms with Crippen LogP contribution in [0.25, 0.3) is 0 Å². The highest BCUT2D eigenvalue weighted by atomic mass is 16.2. The molecule has 3 heteroatoms. The summed E-state index contributed by atoms with van der Waals surface area (Å²) in [6.45, 7) is 6.22. The molecule has 1 heterocycles. The summed E-state index contributed by atoms with van der Waals surface area (Å²) in [6, 6.07) is 0. The zero-order valence-electron chi connectivity index (χ0n) is 13.7. The van der Waals surface area contributed by atoms with Crippen LogP contribution in [0.2, 0.25) is 0 Å². The van der Waals surface area contributed by atoms with Crippen LogP contribution in [-0.4, -0.2) is 29.4 Å². The monoisotopic (exact) mass is 290 g/mol. The van der Waals surface area contributed by atoms with Crippen molar-refractivity contribution in [3.05, 3.63) is 0 Å². The number of amides is 1. The highest BCUT2D eigenvalue weighted by Crippen LogP contribution is 2.65. The number of likely N-dealkylation sites (tertiary alicyclic amines) is 1. The maximum atomic E-state index is 13.2. The highest BCUT2D eigenvalue weighted by molar-refractivity contribution is 5.84. The molecule has 4 bridgehead atoms. The van der Waals surface area contributed by atoms with Crippen LogP contribution in [0.3, 0.4) is 0 Å². The van der Waals surface area contributed by atoms with Crippen molar-refractivity contribution in [1.29, 1.82) is 0 Å². The summed E-state index contributed by atoms with van der Waals surface area (Å²) < 4.78 is 0. The van der Waals surface area contributed by atoms with Crippen LogP contribution in [0.4, 0.5) is 0 Å². The Balaban J connectivity index is 1.50. The van der Waals surface area contributed by atoms with Crippen LogP contribution >= 0.6 is 0 Å². The first-order valence-electron chi connectivity index (χ1n) is 8.94. The average Bonchev–Trinajstić information content (AvgIpc) is 2.32. The lowest BCUT2D eigenvalue weighted by atomic mass is 9.44. The van der Waals surface area contributed by atoms with Gasteiger partial charge in [-0.15, -0.1) is 0 Å². The molecule has 1 saturated heterocycles. The molecule has 2 unspecified atom stereocenters. The Morgan fingerprint density at radius 2 is 1.81 bits per heavy atom. The SMILES string of the molecule is CCCC1(N)CN(C(=O)C23CC4CC(CC(C)(C4)C2)C3)C1. The van der Waals surface area contributed by atoms with E-state index in [1.807, 2.05) is 0 Å². The number of carbonyl (C=O) groups excluding carboxylic acids is 1. The number of nitrogens with zero attached hydrogens (tertiary/aromatic N) is 1. The summed E-state index contributed by atoms with van der Waals surface area (Å²) in [5.74, 6) is 2.10. The van der Waals surface area contributed by atoms with Crippen LogP contribution in [0.15, 0.2) is 0 Å². The van der Waals surface area contributed by atoms with E-state index in [0.717, 1.165) is 44.2 Å². The predicted octanol–water partition coefficient (Wildman–Crippen LogP) is 2.93. The zero-order valence-corrected chi connectivity index (χ0v) is 13.7. The third kappa shape index (κ3) is 2.07. The van der Waals surface area contributed by atoms with Gasteiger partial charge in [-0.2, -0.15) is 0 Å². The molecule has 0 aromatic heterocycles. The van der Waals surface area contributed by atoms with Crippen molar-refractivity contribution in [1.82, 2.24) is 4.90 Å². The molecule has 21 heavy (non-hydrogen) atoms. The van der Waals surface area contributed by atoms with Gasteiger partial charge in [-0.1, -0.05) is 20.3 Å². The first-order valence-corrected chi connectivity index (χ1v) is 8.94. The van der Waals surface area contributed by atoms with Crippen molar-refractivity contribution in [2.24, 2.45) is 28.4 Å². The molecule has 1 aliphatic heterocycles. The van der Waals surface area contributed by atoms with Crippen LogP contribution in [0.5, 0.6) is 0 Å². The fraction of sp³-hybridized carbons (Fsp3) is 0.944. The van der Waals surface area contributed by atoms with E-state index in [4.69, 9.17) is 5.73 Å². The number of hydrogen-bond donors (Lipinski definition) is 1. The maximum absolute atomic E-state index is 13.2. The lowest BCUT2D eigenvalue weighted by molar-refractivity contribution is -0.173. The fourth-order valence-electron chi connectivity index (χ4n) is 6.82. The van der Waals surface area contributed by atoms with Crippen molar-refractivity contribution in [2.45, 2.75) is 70.8 Å². The molecule has 1 amide bonds. The van der Waals surface area contributed by atoms with E-state index in [9.17, 15) is 4.79 Å². The second-order valence-electron chi connectivity index (χ2n) is 9.33. The van der Waals surface area contributed by atoms with E-state index in [0.29, 0.717) is 11.3 Å². The van der Waals surface area contributed by atoms with Crippen LogP contribution in [-0.2, 0) is 4.79 Å². The van der Waals surface area contributed by atoms with Crippen molar-refractivity contribution in [3.8, 4) is 0 Å². The molecule has 5 aliphatic rings. The number of carbonyl (C=O) groups is 1. The predicted molar refractivity (Wildman–Crippen MR) is 83.6 cm³/mol. The van der Waals surface area contributed by atoms with Gasteiger partial charge in [0.15, 0.2) is 0 Å². The molecule has 0 radical (unpaired) electrons. The lowest BCUT2D eigenvalue weighted by Crippen LogP contribution is -2.71. The van der Waals surface area contributed by atoms with Crippen molar-refractivity contribution in [2.75, 3.05) is 13.1 Å². The van der Waals surface area contributed by atoms with Gasteiger partial charge in [0.1, 0.15) is 0 Å². The van der Waals surface area contributed by atoms with E-state index in [1.165, 1.54) is 32.1 Å². The topological polar surface area (TPSA) is 46.3 Å². The van der Waals surface area contributed by atoms with E-state index in [2.05, 4.69) is 18.7 Å². The quantitative estimate of drug-likeness (QED) is 0.868. The van der Waals surface area contributed by atoms with E-state index in [-0.39, 0.29) is 11.0 Å². The Morgan fingerprint density at radius 1 is 1.19 bits per heavy atom. The molecule has 4 aliphatic carbocycles. The minimum Gasteiger partial charge on any atom is -0.338 e. The molecule has 3 nitrogen and oxygen atoms in total. The molecule has 0 aromatic carbocycles. The summed E-state index contributed by atoms with van der Waals surface area (Å²) in [4.78, 5) is 15.3. The maximum Gasteiger partial charge on any atom is 0.228 e. The Morgan fingerprint density at radius 3 is 2.33 bits per heavy atom.